The number of nitrogens with zero attached hydrogens (tertiary/aromatic N) is 1. The van der Waals surface area contributed by atoms with Gasteiger partial charge in [0.1, 0.15) is 0 Å². The molecule has 2 aromatic rings. The van der Waals surface area contributed by atoms with Crippen LogP contribution in [0.15, 0.2) is 18.5 Å². The molecule has 4 nitrogen and oxygen atoms in total. The lowest BCUT2D eigenvalue weighted by Gasteiger charge is -2.01. The molecule has 0 saturated carbocycles. The fourth-order valence-corrected chi connectivity index (χ4v) is 1.50. The number of esters is 1. The third kappa shape index (κ3) is 1.24. The van der Waals surface area contributed by atoms with E-state index in [-0.39, 0.29) is 5.56 Å². The van der Waals surface area contributed by atoms with Gasteiger partial charge in [0.25, 0.3) is 0 Å². The SMILES string of the molecule is COC(=O)c1cnc2cc[nH]c2c1Cl. The fraction of sp³-hybridized carbons (Fsp3) is 0.111. The molecule has 2 heterocycles. The number of methoxy groups -OCH3 is 1. The van der Waals surface area contributed by atoms with Gasteiger partial charge in [0.05, 0.1) is 28.7 Å². The number of carbonyl (C=O) groups excluding carboxylic acids is 1. The van der Waals surface area contributed by atoms with Crippen LogP contribution in [0.2, 0.25) is 5.02 Å². The van der Waals surface area contributed by atoms with Crippen molar-refractivity contribution in [2.75, 3.05) is 7.11 Å². The van der Waals surface area contributed by atoms with Crippen LogP contribution in [0.1, 0.15) is 10.4 Å². The Kier molecular flexibility index (Phi) is 2.13. The number of aromatic nitrogens is 2. The molecule has 0 fully saturated rings. The van der Waals surface area contributed by atoms with E-state index in [1.165, 1.54) is 13.3 Å². The second-order valence-electron chi connectivity index (χ2n) is 2.72. The number of hydrogen-bond donors (Lipinski definition) is 1. The van der Waals surface area contributed by atoms with Crippen molar-refractivity contribution in [3.8, 4) is 0 Å². The van der Waals surface area contributed by atoms with Crippen LogP contribution < -0.4 is 0 Å². The maximum absolute atomic E-state index is 11.2. The number of rotatable bonds is 1. The second kappa shape index (κ2) is 3.31. The molecule has 0 bridgehead atoms. The first-order valence-electron chi connectivity index (χ1n) is 3.94. The van der Waals surface area contributed by atoms with Gasteiger partial charge in [-0.2, -0.15) is 0 Å². The molecule has 14 heavy (non-hydrogen) atoms. The molecule has 5 heteroatoms. The van der Waals surface area contributed by atoms with Gasteiger partial charge in [-0.25, -0.2) is 4.79 Å². The van der Waals surface area contributed by atoms with Crippen molar-refractivity contribution in [2.24, 2.45) is 0 Å². The number of H-pyrrole nitrogens is 1. The normalized spacial score (nSPS) is 10.4. The lowest BCUT2D eigenvalue weighted by molar-refractivity contribution is 0.0600. The number of hydrogen-bond acceptors (Lipinski definition) is 3. The van der Waals surface area contributed by atoms with Crippen molar-refractivity contribution in [3.63, 3.8) is 0 Å². The highest BCUT2D eigenvalue weighted by molar-refractivity contribution is 6.37. The van der Waals surface area contributed by atoms with E-state index in [0.717, 1.165) is 5.52 Å². The van der Waals surface area contributed by atoms with E-state index in [4.69, 9.17) is 11.6 Å². The van der Waals surface area contributed by atoms with Crippen molar-refractivity contribution < 1.29 is 9.53 Å². The molecular weight excluding hydrogens is 204 g/mol. The largest absolute Gasteiger partial charge is 0.465 e. The average Bonchev–Trinajstić information content (AvgIpc) is 2.66. The quantitative estimate of drug-likeness (QED) is 0.733. The smallest absolute Gasteiger partial charge is 0.341 e. The van der Waals surface area contributed by atoms with Gasteiger partial charge in [0.2, 0.25) is 0 Å². The Morgan fingerprint density at radius 2 is 2.43 bits per heavy atom. The Balaban J connectivity index is 2.67. The van der Waals surface area contributed by atoms with Crippen LogP contribution in [-0.2, 0) is 4.74 Å². The van der Waals surface area contributed by atoms with Gasteiger partial charge in [-0.15, -0.1) is 0 Å². The predicted molar refractivity (Wildman–Crippen MR) is 52.4 cm³/mol. The fourth-order valence-electron chi connectivity index (χ4n) is 1.22. The summed E-state index contributed by atoms with van der Waals surface area (Å²) in [5.74, 6) is -0.487. The summed E-state index contributed by atoms with van der Waals surface area (Å²) in [6.07, 6.45) is 3.12. The molecule has 0 aliphatic heterocycles. The van der Waals surface area contributed by atoms with Crippen LogP contribution in [-0.4, -0.2) is 23.0 Å². The molecule has 0 amide bonds. The summed E-state index contributed by atoms with van der Waals surface area (Å²) < 4.78 is 4.57. The van der Waals surface area contributed by atoms with Crippen molar-refractivity contribution >= 4 is 28.6 Å². The van der Waals surface area contributed by atoms with Crippen molar-refractivity contribution in [1.82, 2.24) is 9.97 Å². The molecule has 1 N–H and O–H groups in total. The van der Waals surface area contributed by atoms with E-state index in [0.29, 0.717) is 10.5 Å². The van der Waals surface area contributed by atoms with Crippen LogP contribution in [0.4, 0.5) is 0 Å². The van der Waals surface area contributed by atoms with Gasteiger partial charge in [-0.05, 0) is 6.07 Å². The zero-order valence-corrected chi connectivity index (χ0v) is 8.13. The molecule has 0 radical (unpaired) electrons. The van der Waals surface area contributed by atoms with Gasteiger partial charge >= 0.3 is 5.97 Å². The number of halogens is 1. The zero-order valence-electron chi connectivity index (χ0n) is 7.37. The summed E-state index contributed by atoms with van der Waals surface area (Å²) in [5, 5.41) is 0.340. The van der Waals surface area contributed by atoms with E-state index < -0.39 is 5.97 Å². The minimum Gasteiger partial charge on any atom is -0.465 e. The average molecular weight is 211 g/mol. The maximum Gasteiger partial charge on any atom is 0.341 e. The molecular formula is C9H7ClN2O2. The van der Waals surface area contributed by atoms with Crippen molar-refractivity contribution in [3.05, 3.63) is 29.0 Å². The number of nitrogens with one attached hydrogen (secondary N) is 1. The van der Waals surface area contributed by atoms with Crippen molar-refractivity contribution in [2.45, 2.75) is 0 Å². The molecule has 0 spiro atoms. The number of aromatic amines is 1. The summed E-state index contributed by atoms with van der Waals surface area (Å²) in [5.41, 5.74) is 1.64. The van der Waals surface area contributed by atoms with Crippen molar-refractivity contribution in [1.29, 1.82) is 0 Å². The molecule has 0 unspecified atom stereocenters. The Labute approximate surface area is 84.9 Å². The van der Waals surface area contributed by atoms with E-state index in [1.807, 2.05) is 0 Å². The first-order valence-corrected chi connectivity index (χ1v) is 4.31. The molecule has 0 aromatic carbocycles. The van der Waals surface area contributed by atoms with Crippen LogP contribution >= 0.6 is 11.6 Å². The number of pyridine rings is 1. The molecule has 0 atom stereocenters. The highest BCUT2D eigenvalue weighted by atomic mass is 35.5. The van der Waals surface area contributed by atoms with Gasteiger partial charge < -0.3 is 9.72 Å². The lowest BCUT2D eigenvalue weighted by Crippen LogP contribution is -2.02. The van der Waals surface area contributed by atoms with Gasteiger partial charge in [-0.1, -0.05) is 11.6 Å². The first kappa shape index (κ1) is 9.02. The van der Waals surface area contributed by atoms with E-state index in [1.54, 1.807) is 12.3 Å². The Morgan fingerprint density at radius 1 is 1.64 bits per heavy atom. The topological polar surface area (TPSA) is 55.0 Å². The lowest BCUT2D eigenvalue weighted by atomic mass is 10.2. The van der Waals surface area contributed by atoms with E-state index in [2.05, 4.69) is 14.7 Å². The third-order valence-electron chi connectivity index (χ3n) is 1.92. The van der Waals surface area contributed by atoms with Crippen LogP contribution in [0, 0.1) is 0 Å². The van der Waals surface area contributed by atoms with Crippen LogP contribution in [0.3, 0.4) is 0 Å². The van der Waals surface area contributed by atoms with E-state index >= 15 is 0 Å². The minimum absolute atomic E-state index is 0.268. The summed E-state index contributed by atoms with van der Waals surface area (Å²) in [4.78, 5) is 18.2. The van der Waals surface area contributed by atoms with Gasteiger partial charge in [-0.3, -0.25) is 4.98 Å². The highest BCUT2D eigenvalue weighted by Crippen LogP contribution is 2.24. The molecule has 72 valence electrons. The molecule has 2 aromatic heterocycles. The summed E-state index contributed by atoms with van der Waals surface area (Å²) in [6.45, 7) is 0. The Bertz CT molecular complexity index is 493. The Hall–Kier alpha value is -1.55. The third-order valence-corrected chi connectivity index (χ3v) is 2.31. The molecule has 0 aliphatic carbocycles. The molecule has 0 saturated heterocycles. The Morgan fingerprint density at radius 3 is 3.14 bits per heavy atom. The van der Waals surface area contributed by atoms with Crippen LogP contribution in [0.5, 0.6) is 0 Å². The summed E-state index contributed by atoms with van der Waals surface area (Å²) in [6, 6.07) is 1.78. The van der Waals surface area contributed by atoms with Gasteiger partial charge in [0.15, 0.2) is 0 Å². The standard InChI is InChI=1S/C9H7ClN2O2/c1-14-9(13)5-4-12-6-2-3-11-8(6)7(5)10/h2-4,11H,1H3. The predicted octanol–water partition coefficient (Wildman–Crippen LogP) is 2.00. The zero-order chi connectivity index (χ0) is 10.1. The number of carbonyl (C=O) groups is 1. The van der Waals surface area contributed by atoms with Crippen LogP contribution in [0.25, 0.3) is 11.0 Å². The first-order chi connectivity index (χ1) is 6.74. The minimum atomic E-state index is -0.487. The van der Waals surface area contributed by atoms with Gasteiger partial charge in [0, 0.05) is 12.4 Å². The molecule has 0 aliphatic rings. The second-order valence-corrected chi connectivity index (χ2v) is 3.09. The summed E-state index contributed by atoms with van der Waals surface area (Å²) in [7, 11) is 1.30. The maximum atomic E-state index is 11.2. The summed E-state index contributed by atoms with van der Waals surface area (Å²) >= 11 is 5.98. The highest BCUT2D eigenvalue weighted by Gasteiger charge is 2.14. The van der Waals surface area contributed by atoms with E-state index in [9.17, 15) is 4.79 Å². The number of ether oxygens (including phenoxy) is 1. The monoisotopic (exact) mass is 210 g/mol. The molecule has 2 rings (SSSR count). The number of fused-ring (bicyclic) bond motifs is 1.